The van der Waals surface area contributed by atoms with Crippen molar-refractivity contribution in [2.75, 3.05) is 13.1 Å². The molecule has 4 heterocycles. The zero-order valence-corrected chi connectivity index (χ0v) is 50.9. The number of esters is 2. The quantitative estimate of drug-likeness (QED) is 0.0266. The molecule has 0 spiro atoms. The van der Waals surface area contributed by atoms with Crippen LogP contribution < -0.4 is 35.3 Å². The Morgan fingerprint density at radius 2 is 1.15 bits per heavy atom. The normalized spacial score (nSPS) is 20.4. The van der Waals surface area contributed by atoms with Crippen LogP contribution in [0.4, 0.5) is 5.69 Å². The number of carboxylic acids is 1. The Labute approximate surface area is 534 Å². The van der Waals surface area contributed by atoms with Crippen LogP contribution in [0.5, 0.6) is 11.5 Å². The second-order valence-corrected chi connectivity index (χ2v) is 23.6. The van der Waals surface area contributed by atoms with Crippen LogP contribution in [-0.2, 0) is 41.8 Å². The maximum absolute atomic E-state index is 14.4. The van der Waals surface area contributed by atoms with Crippen molar-refractivity contribution in [3.05, 3.63) is 241 Å². The summed E-state index contributed by atoms with van der Waals surface area (Å²) in [5.74, 6) is -7.10. The molecular weight excluding hydrogens is 1190 g/mol. The van der Waals surface area contributed by atoms with Gasteiger partial charge >= 0.3 is 17.9 Å². The van der Waals surface area contributed by atoms with Crippen LogP contribution in [0.3, 0.4) is 0 Å². The van der Waals surface area contributed by atoms with Gasteiger partial charge in [-0.2, -0.15) is 0 Å². The molecule has 4 aliphatic carbocycles. The number of hydrogen-bond donors (Lipinski definition) is 2. The van der Waals surface area contributed by atoms with E-state index in [1.54, 1.807) is 84.9 Å². The van der Waals surface area contributed by atoms with Crippen LogP contribution in [0, 0.1) is 5.92 Å². The van der Waals surface area contributed by atoms with E-state index in [0.717, 1.165) is 32.7 Å². The van der Waals surface area contributed by atoms with Crippen molar-refractivity contribution in [3.8, 4) is 11.5 Å². The molecule has 2 aromatic heterocycles. The summed E-state index contributed by atoms with van der Waals surface area (Å²) in [6.07, 6.45) is 15.2. The van der Waals surface area contributed by atoms with Gasteiger partial charge in [0.1, 0.15) is 35.5 Å². The van der Waals surface area contributed by atoms with E-state index in [0.29, 0.717) is 104 Å². The number of hydrogen-bond acceptors (Lipinski definition) is 13. The van der Waals surface area contributed by atoms with Gasteiger partial charge < -0.3 is 38.7 Å². The lowest BCUT2D eigenvalue weighted by atomic mass is 9.79. The van der Waals surface area contributed by atoms with Gasteiger partial charge in [0.25, 0.3) is 6.47 Å². The van der Waals surface area contributed by atoms with Crippen LogP contribution in [0.2, 0.25) is 0 Å². The molecule has 0 amide bonds. The van der Waals surface area contributed by atoms with E-state index < -0.39 is 58.6 Å². The Kier molecular flexibility index (Phi) is 13.8. The molecule has 0 fully saturated rings. The number of carboxylic acid groups (broad SMARTS) is 1. The monoisotopic (exact) mass is 1250 g/mol. The summed E-state index contributed by atoms with van der Waals surface area (Å²) in [6.45, 7) is 9.96. The zero-order chi connectivity index (χ0) is 65.3. The molecule has 462 valence electrons. The lowest BCUT2D eigenvalue weighted by molar-refractivity contribution is -0.852. The summed E-state index contributed by atoms with van der Waals surface area (Å²) in [6, 6.07) is 31.4. The molecule has 18 heteroatoms. The molecule has 7 aromatic carbocycles. The molecule has 18 nitrogen and oxygen atoms in total. The van der Waals surface area contributed by atoms with Crippen LogP contribution in [-0.4, -0.2) is 91.2 Å². The fraction of sp³-hybridized carbons (Fsp3) is 0.145. The first kappa shape index (κ1) is 58.5. The van der Waals surface area contributed by atoms with Crippen LogP contribution in [0.15, 0.2) is 209 Å². The van der Waals surface area contributed by atoms with Crippen molar-refractivity contribution in [2.45, 2.75) is 52.9 Å². The van der Waals surface area contributed by atoms with Crippen molar-refractivity contribution in [2.24, 2.45) is 5.92 Å². The summed E-state index contributed by atoms with van der Waals surface area (Å²) in [7, 11) is 0. The van der Waals surface area contributed by atoms with E-state index in [-0.39, 0.29) is 62.4 Å². The number of allylic oxidation sites excluding steroid dienone is 9. The van der Waals surface area contributed by atoms with Gasteiger partial charge in [0.15, 0.2) is 6.04 Å². The van der Waals surface area contributed by atoms with Crippen LogP contribution in [0.1, 0.15) is 70.4 Å². The summed E-state index contributed by atoms with van der Waals surface area (Å²) in [4.78, 5) is 108. The molecule has 2 aliphatic heterocycles. The van der Waals surface area contributed by atoms with Crippen molar-refractivity contribution < 1.29 is 77.4 Å². The van der Waals surface area contributed by atoms with E-state index in [1.165, 1.54) is 42.5 Å². The first-order valence-electron chi connectivity index (χ1n) is 30.9. The molecule has 4 atom stereocenters. The fourth-order valence-corrected chi connectivity index (χ4v) is 15.1. The molecule has 0 bridgehead atoms. The number of ether oxygens (including phenoxy) is 3. The van der Waals surface area contributed by atoms with Gasteiger partial charge in [-0.15, -0.1) is 0 Å². The Morgan fingerprint density at radius 3 is 1.69 bits per heavy atom. The number of aryl methyl sites for hydroxylation is 2. The summed E-state index contributed by atoms with van der Waals surface area (Å²) < 4.78 is 23.0. The highest BCUT2D eigenvalue weighted by Crippen LogP contribution is 2.43. The number of benzene rings is 7. The molecule has 6 aliphatic rings. The molecule has 0 radical (unpaired) electrons. The molecule has 9 aromatic rings. The van der Waals surface area contributed by atoms with Crippen molar-refractivity contribution in [1.29, 1.82) is 0 Å². The maximum atomic E-state index is 14.4. The lowest BCUT2D eigenvalue weighted by Crippen LogP contribution is -3.05. The third-order valence-electron chi connectivity index (χ3n) is 19.1. The van der Waals surface area contributed by atoms with Gasteiger partial charge in [0, 0.05) is 113 Å². The van der Waals surface area contributed by atoms with Gasteiger partial charge in [-0.3, -0.25) is 28.9 Å². The van der Waals surface area contributed by atoms with Gasteiger partial charge in [-0.1, -0.05) is 84.3 Å². The number of aromatic carboxylic acids is 1. The smallest absolute Gasteiger partial charge is 0.344 e. The lowest BCUT2D eigenvalue weighted by Gasteiger charge is -2.23. The standard InChI is InChI=1S/C76H54N4O14/c1-5-77-55-28-25-43(74(88)89)40-13-9-16-46(64(40)55)59(77)33-51-68(82)52(71(85)70(51)84)34-60-47-17-10-14-41-44(26-29-56(65(41)47)78(60)6-2)75(90)93-38-21-23-39(24-22-38)94-76(91)45-27-30-57-66-42(45)15-11-18-48(66)61(79(57)7-3)35-53-69(83)54(73(87)72(53)86)36-62-49-19-12-20-50-63(92-37-81)32-31-58(67(49)50)80(62)8-4/h9-37,58-59,67H,5-8H2,1-4H3,(H2-,82,83,85,86,87,88,89,90,91)/b51-33+. The summed E-state index contributed by atoms with van der Waals surface area (Å²) >= 11 is 0. The number of Topliss-reactive ketones (excluding diaryl/α,β-unsaturated/α-hetero) is 4. The first-order valence-corrected chi connectivity index (χ1v) is 30.9. The predicted octanol–water partition coefficient (Wildman–Crippen LogP) is 6.87. The van der Waals surface area contributed by atoms with E-state index >= 15 is 0 Å². The number of carbonyl (C=O) groups is 8. The topological polar surface area (TPSA) is 248 Å². The van der Waals surface area contributed by atoms with Crippen molar-refractivity contribution in [3.63, 3.8) is 0 Å². The number of likely N-dealkylation sites (N-methyl/N-ethyl adjacent to an activating group) is 2. The number of quaternary nitrogens is 1. The highest BCUT2D eigenvalue weighted by Gasteiger charge is 2.49. The second-order valence-electron chi connectivity index (χ2n) is 23.6. The Hall–Kier alpha value is -11.9. The number of rotatable bonds is 15. The minimum Gasteiger partial charge on any atom is -0.871 e. The van der Waals surface area contributed by atoms with Gasteiger partial charge in [-0.05, 0) is 123 Å². The Bertz CT molecular complexity index is 5500. The molecule has 15 rings (SSSR count). The van der Waals surface area contributed by atoms with E-state index in [1.807, 2.05) is 79.3 Å². The predicted molar refractivity (Wildman–Crippen MR) is 345 cm³/mol. The summed E-state index contributed by atoms with van der Waals surface area (Å²) in [5, 5.41) is 44.6. The number of ketones is 4. The van der Waals surface area contributed by atoms with Crippen LogP contribution in [0.25, 0.3) is 66.3 Å². The minimum absolute atomic E-state index is 0.137. The first-order chi connectivity index (χ1) is 45.6. The average Bonchev–Trinajstić information content (AvgIpc) is 1.59. The highest BCUT2D eigenvalue weighted by molar-refractivity contribution is 6.56. The highest BCUT2D eigenvalue weighted by atomic mass is 16.5. The SMILES string of the molecule is CCn1/c(=C/C2=C([O-])C(=C\C3=[N+](CC)C4C=CC(OC=O)=C5C=CC=C3C54)/C(=O)C2=O)c2cccc3c(C(=O)Oc4ccc(OC(=O)c5ccc6c7c5cccc7/c(=C\C5=C([O-])C(=C\C7c8cccc9c(C(=O)O)ccc(c89)[NH+]7CC)/C(=O)C5=O)n6CC)cc4)ccc1c32. The largest absolute Gasteiger partial charge is 0.871 e. The van der Waals surface area contributed by atoms with Gasteiger partial charge in [0.05, 0.1) is 34.5 Å². The fourth-order valence-electron chi connectivity index (χ4n) is 15.1. The molecule has 0 saturated carbocycles. The molecule has 2 N–H and O–H groups in total. The van der Waals surface area contributed by atoms with E-state index in [2.05, 4.69) is 4.58 Å². The number of carbonyl (C=O) groups excluding carboxylic acids is 7. The van der Waals surface area contributed by atoms with Gasteiger partial charge in [-0.25, -0.2) is 19.0 Å². The van der Waals surface area contributed by atoms with Gasteiger partial charge in [0.2, 0.25) is 28.8 Å². The molecule has 0 saturated heterocycles. The van der Waals surface area contributed by atoms with E-state index in [9.17, 15) is 53.7 Å². The number of nitrogens with one attached hydrogen (secondary N) is 1. The minimum atomic E-state index is -1.07. The Balaban J connectivity index is 0.688. The second kappa shape index (κ2) is 22.2. The molecule has 4 unspecified atom stereocenters. The van der Waals surface area contributed by atoms with Crippen molar-refractivity contribution >= 4 is 125 Å². The third kappa shape index (κ3) is 8.62. The average molecular weight is 1250 g/mol. The van der Waals surface area contributed by atoms with Crippen molar-refractivity contribution in [1.82, 2.24) is 9.13 Å². The maximum Gasteiger partial charge on any atom is 0.344 e. The molecular formula is C76H54N4O14. The number of nitrogens with zero attached hydrogens (tertiary/aromatic N) is 3. The van der Waals surface area contributed by atoms with E-state index in [4.69, 9.17) is 14.2 Å². The van der Waals surface area contributed by atoms with Crippen LogP contribution >= 0.6 is 0 Å². The zero-order valence-electron chi connectivity index (χ0n) is 50.9. The third-order valence-corrected chi connectivity index (χ3v) is 19.1. The Morgan fingerprint density at radius 1 is 0.617 bits per heavy atom. The number of aromatic nitrogens is 2. The molecule has 94 heavy (non-hydrogen) atoms. The summed E-state index contributed by atoms with van der Waals surface area (Å²) in [5.41, 5.74) is 4.75.